The summed E-state index contributed by atoms with van der Waals surface area (Å²) in [6.07, 6.45) is 0. The number of aliphatic carboxylic acids is 1. The summed E-state index contributed by atoms with van der Waals surface area (Å²) in [7, 11) is 0. The number of nitrogens with one attached hydrogen (secondary N) is 1. The van der Waals surface area contributed by atoms with Crippen LogP contribution in [-0.2, 0) is 9.59 Å². The molecule has 1 aromatic rings. The van der Waals surface area contributed by atoms with Crippen LogP contribution in [0.1, 0.15) is 25.5 Å². The maximum atomic E-state index is 11.9. The Labute approximate surface area is 106 Å². The van der Waals surface area contributed by atoms with E-state index in [1.807, 2.05) is 6.07 Å². The van der Waals surface area contributed by atoms with E-state index < -0.39 is 24.0 Å². The van der Waals surface area contributed by atoms with Gasteiger partial charge in [0.25, 0.3) is 0 Å². The molecule has 2 atom stereocenters. The first kappa shape index (κ1) is 14.2. The second-order valence-electron chi connectivity index (χ2n) is 4.46. The molecule has 0 fully saturated rings. The zero-order valence-electron chi connectivity index (χ0n) is 10.5. The molecule has 0 aromatic heterocycles. The van der Waals surface area contributed by atoms with Crippen LogP contribution in [0.15, 0.2) is 30.3 Å². The molecule has 0 saturated heterocycles. The highest BCUT2D eigenvalue weighted by molar-refractivity contribution is 5.87. The van der Waals surface area contributed by atoms with E-state index in [9.17, 15) is 9.59 Å². The van der Waals surface area contributed by atoms with E-state index in [4.69, 9.17) is 10.8 Å². The summed E-state index contributed by atoms with van der Waals surface area (Å²) in [4.78, 5) is 22.8. The van der Waals surface area contributed by atoms with Crippen LogP contribution < -0.4 is 11.1 Å². The normalized spacial score (nSPS) is 14.0. The van der Waals surface area contributed by atoms with E-state index in [0.29, 0.717) is 5.56 Å². The number of carboxylic acid groups (broad SMARTS) is 1. The predicted octanol–water partition coefficient (Wildman–Crippen LogP) is 0.912. The molecule has 1 rings (SSSR count). The fourth-order valence-electron chi connectivity index (χ4n) is 1.57. The van der Waals surface area contributed by atoms with Gasteiger partial charge in [-0.15, -0.1) is 0 Å². The van der Waals surface area contributed by atoms with Gasteiger partial charge in [-0.25, -0.2) is 4.79 Å². The number of nitrogens with two attached hydrogens (primary N) is 1. The molecule has 0 aliphatic heterocycles. The molecule has 1 aromatic carbocycles. The van der Waals surface area contributed by atoms with Gasteiger partial charge in [-0.05, 0) is 11.5 Å². The van der Waals surface area contributed by atoms with Crippen molar-refractivity contribution in [2.75, 3.05) is 0 Å². The summed E-state index contributed by atoms with van der Waals surface area (Å²) >= 11 is 0. The lowest BCUT2D eigenvalue weighted by molar-refractivity contribution is -0.143. The van der Waals surface area contributed by atoms with Crippen molar-refractivity contribution in [3.05, 3.63) is 35.9 Å². The SMILES string of the molecule is CC(C)C(NC(=O)[C@H](N)c1ccccc1)C(=O)O. The lowest BCUT2D eigenvalue weighted by Gasteiger charge is -2.20. The lowest BCUT2D eigenvalue weighted by Crippen LogP contribution is -2.47. The smallest absolute Gasteiger partial charge is 0.326 e. The minimum Gasteiger partial charge on any atom is -0.480 e. The largest absolute Gasteiger partial charge is 0.480 e. The second kappa shape index (κ2) is 6.16. The van der Waals surface area contributed by atoms with Gasteiger partial charge in [0.1, 0.15) is 12.1 Å². The van der Waals surface area contributed by atoms with Gasteiger partial charge in [0.15, 0.2) is 0 Å². The first-order chi connectivity index (χ1) is 8.43. The summed E-state index contributed by atoms with van der Waals surface area (Å²) in [5.41, 5.74) is 6.44. The maximum Gasteiger partial charge on any atom is 0.326 e. The number of amides is 1. The molecule has 0 bridgehead atoms. The Morgan fingerprint density at radius 1 is 1.22 bits per heavy atom. The molecule has 4 N–H and O–H groups in total. The van der Waals surface area contributed by atoms with Crippen molar-refractivity contribution in [3.63, 3.8) is 0 Å². The van der Waals surface area contributed by atoms with Crippen LogP contribution in [0.25, 0.3) is 0 Å². The molecular weight excluding hydrogens is 232 g/mol. The van der Waals surface area contributed by atoms with E-state index in [1.54, 1.807) is 38.1 Å². The predicted molar refractivity (Wildman–Crippen MR) is 67.8 cm³/mol. The Balaban J connectivity index is 2.73. The number of carbonyl (C=O) groups is 2. The molecule has 1 amide bonds. The standard InChI is InChI=1S/C13H18N2O3/c1-8(2)11(13(17)18)15-12(16)10(14)9-6-4-3-5-7-9/h3-8,10-11H,14H2,1-2H3,(H,15,16)(H,17,18)/t10-,11?/m1/s1. The summed E-state index contributed by atoms with van der Waals surface area (Å²) in [6, 6.07) is 7.06. The average molecular weight is 250 g/mol. The Hall–Kier alpha value is -1.88. The summed E-state index contributed by atoms with van der Waals surface area (Å²) < 4.78 is 0. The summed E-state index contributed by atoms with van der Waals surface area (Å²) in [6.45, 7) is 3.46. The Kier molecular flexibility index (Phi) is 4.85. The van der Waals surface area contributed by atoms with Crippen LogP contribution >= 0.6 is 0 Å². The van der Waals surface area contributed by atoms with Gasteiger partial charge in [0, 0.05) is 0 Å². The maximum absolute atomic E-state index is 11.9. The first-order valence-corrected chi connectivity index (χ1v) is 5.77. The van der Waals surface area contributed by atoms with Crippen molar-refractivity contribution in [1.29, 1.82) is 0 Å². The lowest BCUT2D eigenvalue weighted by atomic mass is 10.0. The second-order valence-corrected chi connectivity index (χ2v) is 4.46. The third kappa shape index (κ3) is 3.56. The molecule has 5 nitrogen and oxygen atoms in total. The van der Waals surface area contributed by atoms with E-state index in [-0.39, 0.29) is 5.92 Å². The molecule has 18 heavy (non-hydrogen) atoms. The Morgan fingerprint density at radius 3 is 2.22 bits per heavy atom. The van der Waals surface area contributed by atoms with Gasteiger partial charge in [-0.2, -0.15) is 0 Å². The average Bonchev–Trinajstić information content (AvgIpc) is 2.35. The van der Waals surface area contributed by atoms with Gasteiger partial charge < -0.3 is 16.2 Å². The Morgan fingerprint density at radius 2 is 1.78 bits per heavy atom. The van der Waals surface area contributed by atoms with Gasteiger partial charge in [-0.1, -0.05) is 44.2 Å². The first-order valence-electron chi connectivity index (χ1n) is 5.77. The third-order valence-electron chi connectivity index (χ3n) is 2.67. The Bertz CT molecular complexity index is 418. The van der Waals surface area contributed by atoms with Crippen molar-refractivity contribution in [1.82, 2.24) is 5.32 Å². The minimum atomic E-state index is -1.06. The third-order valence-corrected chi connectivity index (χ3v) is 2.67. The van der Waals surface area contributed by atoms with Crippen LogP contribution in [0.2, 0.25) is 0 Å². The van der Waals surface area contributed by atoms with Crippen LogP contribution in [0.3, 0.4) is 0 Å². The molecule has 98 valence electrons. The number of carboxylic acids is 1. The van der Waals surface area contributed by atoms with E-state index >= 15 is 0 Å². The highest BCUT2D eigenvalue weighted by Crippen LogP contribution is 2.11. The van der Waals surface area contributed by atoms with Gasteiger partial charge >= 0.3 is 5.97 Å². The quantitative estimate of drug-likeness (QED) is 0.724. The van der Waals surface area contributed by atoms with Crippen molar-refractivity contribution in [2.45, 2.75) is 25.9 Å². The molecule has 0 radical (unpaired) electrons. The molecule has 0 spiro atoms. The highest BCUT2D eigenvalue weighted by atomic mass is 16.4. The fourth-order valence-corrected chi connectivity index (χ4v) is 1.57. The van der Waals surface area contributed by atoms with Crippen molar-refractivity contribution in [3.8, 4) is 0 Å². The number of rotatable bonds is 5. The summed E-state index contributed by atoms with van der Waals surface area (Å²) in [5, 5.41) is 11.4. The van der Waals surface area contributed by atoms with Crippen LogP contribution in [0.4, 0.5) is 0 Å². The van der Waals surface area contributed by atoms with Crippen molar-refractivity contribution >= 4 is 11.9 Å². The van der Waals surface area contributed by atoms with E-state index in [1.165, 1.54) is 0 Å². The molecule has 5 heteroatoms. The molecule has 1 unspecified atom stereocenters. The molecular formula is C13H18N2O3. The topological polar surface area (TPSA) is 92.4 Å². The molecule has 0 aliphatic carbocycles. The van der Waals surface area contributed by atoms with E-state index in [2.05, 4.69) is 5.32 Å². The monoisotopic (exact) mass is 250 g/mol. The highest BCUT2D eigenvalue weighted by Gasteiger charge is 2.26. The summed E-state index contributed by atoms with van der Waals surface area (Å²) in [5.74, 6) is -1.74. The number of carbonyl (C=O) groups excluding carboxylic acids is 1. The zero-order valence-corrected chi connectivity index (χ0v) is 10.5. The molecule has 0 aliphatic rings. The van der Waals surface area contributed by atoms with Gasteiger partial charge in [0.05, 0.1) is 0 Å². The minimum absolute atomic E-state index is 0.200. The zero-order chi connectivity index (χ0) is 13.7. The van der Waals surface area contributed by atoms with Gasteiger partial charge in [0.2, 0.25) is 5.91 Å². The number of hydrogen-bond donors (Lipinski definition) is 3. The van der Waals surface area contributed by atoms with Crippen molar-refractivity contribution in [2.24, 2.45) is 11.7 Å². The van der Waals surface area contributed by atoms with Crippen molar-refractivity contribution < 1.29 is 14.7 Å². The number of benzene rings is 1. The van der Waals surface area contributed by atoms with Crippen LogP contribution in [0, 0.1) is 5.92 Å². The van der Waals surface area contributed by atoms with Crippen LogP contribution in [-0.4, -0.2) is 23.0 Å². The molecule has 0 heterocycles. The van der Waals surface area contributed by atoms with Gasteiger partial charge in [-0.3, -0.25) is 4.79 Å². The fraction of sp³-hybridized carbons (Fsp3) is 0.385. The number of hydrogen-bond acceptors (Lipinski definition) is 3. The van der Waals surface area contributed by atoms with E-state index in [0.717, 1.165) is 0 Å². The molecule has 0 saturated carbocycles. The van der Waals surface area contributed by atoms with Crippen LogP contribution in [0.5, 0.6) is 0 Å².